The second-order valence-electron chi connectivity index (χ2n) is 5.42. The van der Waals surface area contributed by atoms with Gasteiger partial charge in [-0.3, -0.25) is 0 Å². The van der Waals surface area contributed by atoms with Crippen molar-refractivity contribution in [2.45, 2.75) is 33.6 Å². The molecule has 22 heavy (non-hydrogen) atoms. The van der Waals surface area contributed by atoms with Gasteiger partial charge in [-0.15, -0.1) is 0 Å². The molecule has 2 nitrogen and oxygen atoms in total. The summed E-state index contributed by atoms with van der Waals surface area (Å²) in [6, 6.07) is 10.6. The highest BCUT2D eigenvalue weighted by molar-refractivity contribution is 5.75. The van der Waals surface area contributed by atoms with Crippen LogP contribution in [0.15, 0.2) is 36.4 Å². The van der Waals surface area contributed by atoms with Crippen molar-refractivity contribution in [3.63, 3.8) is 0 Å². The number of halogens is 1. The van der Waals surface area contributed by atoms with Crippen molar-refractivity contribution in [1.29, 1.82) is 0 Å². The first-order valence-electron chi connectivity index (χ1n) is 7.76. The van der Waals surface area contributed by atoms with Gasteiger partial charge in [0.05, 0.1) is 13.2 Å². The fourth-order valence-electron chi connectivity index (χ4n) is 2.36. The molecule has 0 saturated carbocycles. The molecule has 2 aromatic carbocycles. The van der Waals surface area contributed by atoms with Gasteiger partial charge in [0.15, 0.2) is 11.5 Å². The zero-order chi connectivity index (χ0) is 16.1. The first-order chi connectivity index (χ1) is 10.6. The number of rotatable bonds is 6. The lowest BCUT2D eigenvalue weighted by molar-refractivity contribution is 0.288. The minimum Gasteiger partial charge on any atom is -0.490 e. The normalized spacial score (nSPS) is 10.8. The van der Waals surface area contributed by atoms with Crippen molar-refractivity contribution in [2.75, 3.05) is 13.2 Å². The van der Waals surface area contributed by atoms with E-state index in [1.54, 1.807) is 12.1 Å². The van der Waals surface area contributed by atoms with Crippen LogP contribution in [0.5, 0.6) is 11.5 Å². The smallest absolute Gasteiger partial charge is 0.168 e. The van der Waals surface area contributed by atoms with Gasteiger partial charge >= 0.3 is 0 Å². The van der Waals surface area contributed by atoms with Crippen molar-refractivity contribution in [3.8, 4) is 22.6 Å². The molecule has 0 aromatic heterocycles. The Morgan fingerprint density at radius 3 is 2.14 bits per heavy atom. The minimum absolute atomic E-state index is 0.244. The van der Waals surface area contributed by atoms with E-state index in [1.807, 2.05) is 19.9 Å². The average Bonchev–Trinajstić information content (AvgIpc) is 2.50. The fourth-order valence-corrected chi connectivity index (χ4v) is 2.36. The molecule has 0 amide bonds. The maximum Gasteiger partial charge on any atom is 0.168 e. The quantitative estimate of drug-likeness (QED) is 0.710. The van der Waals surface area contributed by atoms with Crippen LogP contribution < -0.4 is 9.47 Å². The third-order valence-corrected chi connectivity index (χ3v) is 3.49. The monoisotopic (exact) mass is 302 g/mol. The Bertz CT molecular complexity index is 618. The molecule has 0 unspecified atom stereocenters. The number of hydrogen-bond donors (Lipinski definition) is 0. The lowest BCUT2D eigenvalue weighted by Crippen LogP contribution is -2.02. The van der Waals surface area contributed by atoms with E-state index < -0.39 is 0 Å². The first kappa shape index (κ1) is 16.3. The number of hydrogen-bond acceptors (Lipinski definition) is 2. The maximum atomic E-state index is 13.2. The summed E-state index contributed by atoms with van der Waals surface area (Å²) >= 11 is 0. The standard InChI is InChI=1S/C19H23FO2/c1-5-21-18-12-15(13(3)4)11-17(19(18)22-6-2)14-7-9-16(20)10-8-14/h7-13H,5-6H2,1-4H3. The molecule has 0 spiro atoms. The molecule has 0 radical (unpaired) electrons. The van der Waals surface area contributed by atoms with Crippen LogP contribution in [-0.4, -0.2) is 13.2 Å². The Morgan fingerprint density at radius 2 is 1.59 bits per heavy atom. The van der Waals surface area contributed by atoms with Crippen molar-refractivity contribution in [2.24, 2.45) is 0 Å². The van der Waals surface area contributed by atoms with E-state index in [0.717, 1.165) is 22.6 Å². The van der Waals surface area contributed by atoms with Crippen LogP contribution in [0.4, 0.5) is 4.39 Å². The zero-order valence-electron chi connectivity index (χ0n) is 13.7. The van der Waals surface area contributed by atoms with Gasteiger partial charge in [-0.1, -0.05) is 26.0 Å². The Morgan fingerprint density at radius 1 is 0.955 bits per heavy atom. The summed E-state index contributed by atoms with van der Waals surface area (Å²) in [5, 5.41) is 0. The Labute approximate surface area is 131 Å². The number of ether oxygens (including phenoxy) is 2. The summed E-state index contributed by atoms with van der Waals surface area (Å²) in [6.07, 6.45) is 0. The van der Waals surface area contributed by atoms with E-state index in [9.17, 15) is 4.39 Å². The molecular formula is C19H23FO2. The first-order valence-corrected chi connectivity index (χ1v) is 7.76. The van der Waals surface area contributed by atoms with Crippen LogP contribution in [0, 0.1) is 5.82 Å². The zero-order valence-corrected chi connectivity index (χ0v) is 13.7. The summed E-state index contributed by atoms with van der Waals surface area (Å²) < 4.78 is 24.8. The molecule has 0 heterocycles. The maximum absolute atomic E-state index is 13.2. The SMILES string of the molecule is CCOc1cc(C(C)C)cc(-c2ccc(F)cc2)c1OCC. The summed E-state index contributed by atoms with van der Waals surface area (Å²) in [7, 11) is 0. The lowest BCUT2D eigenvalue weighted by Gasteiger charge is -2.18. The lowest BCUT2D eigenvalue weighted by atomic mass is 9.96. The van der Waals surface area contributed by atoms with Gasteiger partial charge in [0, 0.05) is 5.56 Å². The Balaban J connectivity index is 2.63. The number of benzene rings is 2. The van der Waals surface area contributed by atoms with Gasteiger partial charge in [-0.2, -0.15) is 0 Å². The van der Waals surface area contributed by atoms with E-state index in [-0.39, 0.29) is 5.82 Å². The molecule has 0 atom stereocenters. The van der Waals surface area contributed by atoms with Gasteiger partial charge in [0.25, 0.3) is 0 Å². The van der Waals surface area contributed by atoms with E-state index in [4.69, 9.17) is 9.47 Å². The van der Waals surface area contributed by atoms with Crippen LogP contribution in [0.25, 0.3) is 11.1 Å². The summed E-state index contributed by atoms with van der Waals surface area (Å²) in [5.74, 6) is 1.59. The highest BCUT2D eigenvalue weighted by Crippen LogP contribution is 2.41. The highest BCUT2D eigenvalue weighted by Gasteiger charge is 2.16. The third-order valence-electron chi connectivity index (χ3n) is 3.49. The largest absolute Gasteiger partial charge is 0.490 e. The summed E-state index contributed by atoms with van der Waals surface area (Å²) in [4.78, 5) is 0. The average molecular weight is 302 g/mol. The third kappa shape index (κ3) is 3.59. The molecule has 0 N–H and O–H groups in total. The van der Waals surface area contributed by atoms with Crippen LogP contribution in [0.3, 0.4) is 0 Å². The van der Waals surface area contributed by atoms with Crippen LogP contribution in [0.1, 0.15) is 39.2 Å². The molecule has 0 aliphatic carbocycles. The molecule has 3 heteroatoms. The van der Waals surface area contributed by atoms with Crippen molar-refractivity contribution in [1.82, 2.24) is 0 Å². The molecule has 0 aliphatic rings. The molecular weight excluding hydrogens is 279 g/mol. The molecule has 0 bridgehead atoms. The molecule has 2 rings (SSSR count). The molecule has 0 saturated heterocycles. The van der Waals surface area contributed by atoms with Crippen LogP contribution >= 0.6 is 0 Å². The van der Waals surface area contributed by atoms with Crippen molar-refractivity contribution >= 4 is 0 Å². The Hall–Kier alpha value is -2.03. The highest BCUT2D eigenvalue weighted by atomic mass is 19.1. The minimum atomic E-state index is -0.244. The van der Waals surface area contributed by atoms with E-state index >= 15 is 0 Å². The van der Waals surface area contributed by atoms with E-state index in [2.05, 4.69) is 19.9 Å². The topological polar surface area (TPSA) is 18.5 Å². The molecule has 118 valence electrons. The van der Waals surface area contributed by atoms with Gasteiger partial charge in [-0.25, -0.2) is 4.39 Å². The summed E-state index contributed by atoms with van der Waals surface area (Å²) in [6.45, 7) is 9.30. The molecule has 2 aromatic rings. The molecule has 0 fully saturated rings. The van der Waals surface area contributed by atoms with Gasteiger partial charge in [0.1, 0.15) is 5.82 Å². The van der Waals surface area contributed by atoms with Gasteiger partial charge in [0.2, 0.25) is 0 Å². The van der Waals surface area contributed by atoms with E-state index in [1.165, 1.54) is 17.7 Å². The van der Waals surface area contributed by atoms with Gasteiger partial charge in [-0.05, 0) is 55.2 Å². The van der Waals surface area contributed by atoms with E-state index in [0.29, 0.717) is 19.1 Å². The Kier molecular flexibility index (Phi) is 5.42. The predicted octanol–water partition coefficient (Wildman–Crippen LogP) is 5.41. The van der Waals surface area contributed by atoms with Crippen molar-refractivity contribution in [3.05, 3.63) is 47.8 Å². The second kappa shape index (κ2) is 7.30. The molecule has 0 aliphatic heterocycles. The van der Waals surface area contributed by atoms with Crippen LogP contribution in [0.2, 0.25) is 0 Å². The summed E-state index contributed by atoms with van der Waals surface area (Å²) in [5.41, 5.74) is 3.04. The van der Waals surface area contributed by atoms with Crippen molar-refractivity contribution < 1.29 is 13.9 Å². The van der Waals surface area contributed by atoms with Crippen LogP contribution in [-0.2, 0) is 0 Å². The second-order valence-corrected chi connectivity index (χ2v) is 5.42. The van der Waals surface area contributed by atoms with Gasteiger partial charge < -0.3 is 9.47 Å². The fraction of sp³-hybridized carbons (Fsp3) is 0.368. The predicted molar refractivity (Wildman–Crippen MR) is 88.3 cm³/mol.